The summed E-state index contributed by atoms with van der Waals surface area (Å²) in [7, 11) is 0. The van der Waals surface area contributed by atoms with E-state index in [0.29, 0.717) is 5.76 Å². The molecule has 2 rings (SSSR count). The predicted octanol–water partition coefficient (Wildman–Crippen LogP) is 3.11. The molecular weight excluding hydrogens is 212 g/mol. The van der Waals surface area contributed by atoms with Crippen molar-refractivity contribution >= 4 is 0 Å². The van der Waals surface area contributed by atoms with E-state index in [4.69, 9.17) is 4.52 Å². The topological polar surface area (TPSA) is 26.0 Å². The Bertz CT molecular complexity index is 494. The standard InChI is InChI=1S/C12H11F2NO/c1-2-10-7-11(16-15-10)6-8-5-9(13)3-4-12(8)14/h3-5,7H,2,6H2,1H3. The lowest BCUT2D eigenvalue weighted by Gasteiger charge is -1.99. The van der Waals surface area contributed by atoms with Crippen LogP contribution in [0.3, 0.4) is 0 Å². The molecule has 84 valence electrons. The fourth-order valence-corrected chi connectivity index (χ4v) is 1.47. The average molecular weight is 223 g/mol. The van der Waals surface area contributed by atoms with Gasteiger partial charge in [0.1, 0.15) is 17.4 Å². The van der Waals surface area contributed by atoms with Crippen LogP contribution in [-0.4, -0.2) is 5.16 Å². The van der Waals surface area contributed by atoms with Gasteiger partial charge in [0.15, 0.2) is 0 Å². The van der Waals surface area contributed by atoms with Crippen molar-refractivity contribution in [1.29, 1.82) is 0 Å². The van der Waals surface area contributed by atoms with Gasteiger partial charge in [0.05, 0.1) is 5.69 Å². The van der Waals surface area contributed by atoms with E-state index < -0.39 is 11.6 Å². The first-order valence-electron chi connectivity index (χ1n) is 5.07. The van der Waals surface area contributed by atoms with E-state index in [1.54, 1.807) is 6.07 Å². The molecule has 1 aromatic carbocycles. The second-order valence-electron chi connectivity index (χ2n) is 3.55. The number of halogens is 2. The van der Waals surface area contributed by atoms with Gasteiger partial charge in [-0.25, -0.2) is 8.78 Å². The van der Waals surface area contributed by atoms with Crippen LogP contribution in [0.1, 0.15) is 23.9 Å². The molecule has 1 aromatic heterocycles. The van der Waals surface area contributed by atoms with Gasteiger partial charge in [-0.3, -0.25) is 0 Å². The molecular formula is C12H11F2NO. The molecule has 0 atom stereocenters. The third-order valence-electron chi connectivity index (χ3n) is 2.34. The predicted molar refractivity (Wildman–Crippen MR) is 55.0 cm³/mol. The fourth-order valence-electron chi connectivity index (χ4n) is 1.47. The summed E-state index contributed by atoms with van der Waals surface area (Å²) in [5, 5.41) is 3.79. The molecule has 0 amide bonds. The molecule has 2 aromatic rings. The Labute approximate surface area is 91.9 Å². The van der Waals surface area contributed by atoms with Gasteiger partial charge < -0.3 is 4.52 Å². The maximum atomic E-state index is 13.3. The van der Waals surface area contributed by atoms with Gasteiger partial charge in [-0.05, 0) is 30.2 Å². The second-order valence-corrected chi connectivity index (χ2v) is 3.55. The number of hydrogen-bond donors (Lipinski definition) is 0. The second kappa shape index (κ2) is 4.43. The minimum absolute atomic E-state index is 0.219. The summed E-state index contributed by atoms with van der Waals surface area (Å²) in [6.45, 7) is 1.95. The Kier molecular flexibility index (Phi) is 2.99. The molecule has 4 heteroatoms. The Hall–Kier alpha value is -1.71. The zero-order valence-corrected chi connectivity index (χ0v) is 8.84. The quantitative estimate of drug-likeness (QED) is 0.799. The Balaban J connectivity index is 2.22. The minimum atomic E-state index is -0.452. The van der Waals surface area contributed by atoms with Crippen LogP contribution in [0.15, 0.2) is 28.8 Å². The number of aromatic nitrogens is 1. The summed E-state index contributed by atoms with van der Waals surface area (Å²) in [5.74, 6) is -0.344. The highest BCUT2D eigenvalue weighted by Gasteiger charge is 2.08. The number of hydrogen-bond acceptors (Lipinski definition) is 2. The molecule has 1 heterocycles. The van der Waals surface area contributed by atoms with Crippen LogP contribution < -0.4 is 0 Å². The number of aryl methyl sites for hydroxylation is 1. The molecule has 0 spiro atoms. The summed E-state index contributed by atoms with van der Waals surface area (Å²) in [6.07, 6.45) is 0.978. The number of rotatable bonds is 3. The Morgan fingerprint density at radius 2 is 2.06 bits per heavy atom. The van der Waals surface area contributed by atoms with Crippen LogP contribution in [-0.2, 0) is 12.8 Å². The van der Waals surface area contributed by atoms with Crippen LogP contribution in [0.2, 0.25) is 0 Å². The van der Waals surface area contributed by atoms with Crippen molar-refractivity contribution in [3.63, 3.8) is 0 Å². The molecule has 0 saturated carbocycles. The molecule has 0 radical (unpaired) electrons. The maximum Gasteiger partial charge on any atom is 0.141 e. The summed E-state index contributed by atoms with van der Waals surface area (Å²) >= 11 is 0. The van der Waals surface area contributed by atoms with Crippen LogP contribution in [0.4, 0.5) is 8.78 Å². The highest BCUT2D eigenvalue weighted by molar-refractivity contribution is 5.23. The number of nitrogens with zero attached hydrogens (tertiary/aromatic N) is 1. The van der Waals surface area contributed by atoms with E-state index in [-0.39, 0.29) is 12.0 Å². The summed E-state index contributed by atoms with van der Waals surface area (Å²) in [6, 6.07) is 5.13. The molecule has 0 aliphatic rings. The lowest BCUT2D eigenvalue weighted by atomic mass is 10.1. The average Bonchev–Trinajstić information content (AvgIpc) is 2.71. The lowest BCUT2D eigenvalue weighted by Crippen LogP contribution is -1.92. The monoisotopic (exact) mass is 223 g/mol. The van der Waals surface area contributed by atoms with Gasteiger partial charge >= 0.3 is 0 Å². The molecule has 0 saturated heterocycles. The highest BCUT2D eigenvalue weighted by atomic mass is 19.1. The summed E-state index contributed by atoms with van der Waals surface area (Å²) < 4.78 is 31.2. The van der Waals surface area contributed by atoms with Gasteiger partial charge in [-0.1, -0.05) is 12.1 Å². The van der Waals surface area contributed by atoms with Crippen LogP contribution in [0.5, 0.6) is 0 Å². The molecule has 0 bridgehead atoms. The van der Waals surface area contributed by atoms with Crippen molar-refractivity contribution in [2.75, 3.05) is 0 Å². The third-order valence-corrected chi connectivity index (χ3v) is 2.34. The van der Waals surface area contributed by atoms with Gasteiger partial charge in [0.25, 0.3) is 0 Å². The van der Waals surface area contributed by atoms with E-state index in [1.807, 2.05) is 6.92 Å². The van der Waals surface area contributed by atoms with Gasteiger partial charge in [0, 0.05) is 12.5 Å². The fraction of sp³-hybridized carbons (Fsp3) is 0.250. The normalized spacial score (nSPS) is 10.7. The molecule has 0 fully saturated rings. The summed E-state index contributed by atoms with van der Waals surface area (Å²) in [5.41, 5.74) is 1.09. The van der Waals surface area contributed by atoms with Crippen molar-refractivity contribution in [2.24, 2.45) is 0 Å². The van der Waals surface area contributed by atoms with E-state index in [9.17, 15) is 8.78 Å². The first kappa shape index (κ1) is 10.8. The molecule has 0 N–H and O–H groups in total. The third kappa shape index (κ3) is 2.27. The zero-order chi connectivity index (χ0) is 11.5. The zero-order valence-electron chi connectivity index (χ0n) is 8.84. The van der Waals surface area contributed by atoms with Crippen molar-refractivity contribution in [3.8, 4) is 0 Å². The smallest absolute Gasteiger partial charge is 0.141 e. The van der Waals surface area contributed by atoms with Gasteiger partial charge in [-0.2, -0.15) is 0 Å². The van der Waals surface area contributed by atoms with Crippen molar-refractivity contribution < 1.29 is 13.3 Å². The van der Waals surface area contributed by atoms with Gasteiger partial charge in [-0.15, -0.1) is 0 Å². The van der Waals surface area contributed by atoms with Crippen molar-refractivity contribution in [1.82, 2.24) is 5.16 Å². The highest BCUT2D eigenvalue weighted by Crippen LogP contribution is 2.15. The van der Waals surface area contributed by atoms with Gasteiger partial charge in [0.2, 0.25) is 0 Å². The van der Waals surface area contributed by atoms with E-state index in [0.717, 1.165) is 24.2 Å². The van der Waals surface area contributed by atoms with E-state index in [2.05, 4.69) is 5.16 Å². The molecule has 16 heavy (non-hydrogen) atoms. The first-order valence-corrected chi connectivity index (χ1v) is 5.07. The maximum absolute atomic E-state index is 13.3. The van der Waals surface area contributed by atoms with Crippen LogP contribution in [0, 0.1) is 11.6 Å². The van der Waals surface area contributed by atoms with Crippen LogP contribution in [0.25, 0.3) is 0 Å². The SMILES string of the molecule is CCc1cc(Cc2cc(F)ccc2F)on1. The first-order chi connectivity index (χ1) is 7.69. The molecule has 0 aliphatic heterocycles. The van der Waals surface area contributed by atoms with E-state index in [1.165, 1.54) is 6.07 Å². The largest absolute Gasteiger partial charge is 0.361 e. The Morgan fingerprint density at radius 3 is 2.75 bits per heavy atom. The Morgan fingerprint density at radius 1 is 1.25 bits per heavy atom. The molecule has 2 nitrogen and oxygen atoms in total. The van der Waals surface area contributed by atoms with Crippen molar-refractivity contribution in [2.45, 2.75) is 19.8 Å². The minimum Gasteiger partial charge on any atom is -0.361 e. The van der Waals surface area contributed by atoms with E-state index >= 15 is 0 Å². The molecule has 0 unspecified atom stereocenters. The van der Waals surface area contributed by atoms with Crippen molar-refractivity contribution in [3.05, 3.63) is 52.9 Å². The lowest BCUT2D eigenvalue weighted by molar-refractivity contribution is 0.382. The van der Waals surface area contributed by atoms with Crippen LogP contribution >= 0.6 is 0 Å². The number of benzene rings is 1. The summed E-state index contributed by atoms with van der Waals surface area (Å²) in [4.78, 5) is 0. The molecule has 0 aliphatic carbocycles.